The average molecular weight is 242 g/mol. The minimum absolute atomic E-state index is 0.0916. The molecule has 2 aliphatic rings. The fraction of sp³-hybridized carbons (Fsp3) is 0.917. The van der Waals surface area contributed by atoms with Crippen molar-refractivity contribution in [1.29, 1.82) is 0 Å². The molecular formula is C12H22N2O3. The van der Waals surface area contributed by atoms with E-state index in [1.165, 1.54) is 0 Å². The van der Waals surface area contributed by atoms with Crippen LogP contribution in [0.3, 0.4) is 0 Å². The third-order valence-corrected chi connectivity index (χ3v) is 3.67. The normalized spacial score (nSPS) is 30.1. The summed E-state index contributed by atoms with van der Waals surface area (Å²) in [7, 11) is 1.66. The van der Waals surface area contributed by atoms with E-state index in [1.807, 2.05) is 4.90 Å². The molecule has 0 unspecified atom stereocenters. The van der Waals surface area contributed by atoms with Crippen LogP contribution in [0.5, 0.6) is 0 Å². The second-order valence-electron chi connectivity index (χ2n) is 5.04. The van der Waals surface area contributed by atoms with Crippen molar-refractivity contribution >= 4 is 5.91 Å². The number of carbonyl (C=O) groups is 1. The van der Waals surface area contributed by atoms with Crippen molar-refractivity contribution in [1.82, 2.24) is 9.80 Å². The number of fused-ring (bicyclic) bond motifs is 1. The van der Waals surface area contributed by atoms with Gasteiger partial charge in [0.25, 0.3) is 0 Å². The number of likely N-dealkylation sites (tertiary alicyclic amines) is 1. The lowest BCUT2D eigenvalue weighted by Gasteiger charge is -2.36. The summed E-state index contributed by atoms with van der Waals surface area (Å²) >= 11 is 0. The fourth-order valence-electron chi connectivity index (χ4n) is 2.60. The van der Waals surface area contributed by atoms with Crippen molar-refractivity contribution in [3.8, 4) is 0 Å². The highest BCUT2D eigenvalue weighted by Crippen LogP contribution is 2.24. The highest BCUT2D eigenvalue weighted by molar-refractivity contribution is 5.78. The maximum absolute atomic E-state index is 11.8. The molecule has 2 fully saturated rings. The van der Waals surface area contributed by atoms with E-state index in [2.05, 4.69) is 18.7 Å². The van der Waals surface area contributed by atoms with Gasteiger partial charge in [0, 0.05) is 32.8 Å². The van der Waals surface area contributed by atoms with Crippen LogP contribution in [-0.4, -0.2) is 73.9 Å². The smallest absolute Gasteiger partial charge is 0.249 e. The minimum Gasteiger partial charge on any atom is -0.383 e. The first kappa shape index (κ1) is 12.8. The van der Waals surface area contributed by atoms with Crippen molar-refractivity contribution in [2.75, 3.05) is 40.0 Å². The van der Waals surface area contributed by atoms with Gasteiger partial charge < -0.3 is 14.4 Å². The summed E-state index contributed by atoms with van der Waals surface area (Å²) in [5, 5.41) is 0. The van der Waals surface area contributed by atoms with Crippen molar-refractivity contribution < 1.29 is 14.3 Å². The first-order valence-corrected chi connectivity index (χ1v) is 6.27. The van der Waals surface area contributed by atoms with Crippen LogP contribution in [0.2, 0.25) is 0 Å². The lowest BCUT2D eigenvalue weighted by atomic mass is 10.1. The number of morpholine rings is 1. The summed E-state index contributed by atoms with van der Waals surface area (Å²) < 4.78 is 10.7. The van der Waals surface area contributed by atoms with Crippen molar-refractivity contribution in [2.24, 2.45) is 0 Å². The summed E-state index contributed by atoms with van der Waals surface area (Å²) in [6.45, 7) is 7.69. The first-order valence-electron chi connectivity index (χ1n) is 6.27. The van der Waals surface area contributed by atoms with Gasteiger partial charge in [-0.3, -0.25) is 9.69 Å². The molecule has 0 spiro atoms. The third kappa shape index (κ3) is 2.61. The van der Waals surface area contributed by atoms with Crippen molar-refractivity contribution in [2.45, 2.75) is 32.0 Å². The van der Waals surface area contributed by atoms with Gasteiger partial charge in [-0.25, -0.2) is 0 Å². The lowest BCUT2D eigenvalue weighted by Crippen LogP contribution is -2.54. The molecule has 0 aliphatic carbocycles. The standard InChI is InChI=1S/C12H22N2O3/c1-9(2)13-6-10-11(7-13)17-8-12(15)14(10)4-5-16-3/h9-11H,4-8H2,1-3H3/t10-,11+/m1/s1. The number of methoxy groups -OCH3 is 1. The van der Waals surface area contributed by atoms with E-state index in [4.69, 9.17) is 9.47 Å². The van der Waals surface area contributed by atoms with E-state index >= 15 is 0 Å². The molecule has 0 bridgehead atoms. The van der Waals surface area contributed by atoms with Gasteiger partial charge in [-0.05, 0) is 13.8 Å². The Morgan fingerprint density at radius 1 is 1.47 bits per heavy atom. The second kappa shape index (κ2) is 5.33. The van der Waals surface area contributed by atoms with Crippen LogP contribution < -0.4 is 0 Å². The van der Waals surface area contributed by atoms with Crippen molar-refractivity contribution in [3.05, 3.63) is 0 Å². The SMILES string of the molecule is COCCN1C(=O)CO[C@H]2CN(C(C)C)C[C@H]21. The van der Waals surface area contributed by atoms with Gasteiger partial charge in [0.1, 0.15) is 6.61 Å². The Kier molecular flexibility index (Phi) is 4.01. The first-order chi connectivity index (χ1) is 8.13. The second-order valence-corrected chi connectivity index (χ2v) is 5.04. The van der Waals surface area contributed by atoms with E-state index in [0.29, 0.717) is 19.2 Å². The van der Waals surface area contributed by atoms with E-state index in [9.17, 15) is 4.79 Å². The monoisotopic (exact) mass is 242 g/mol. The number of rotatable bonds is 4. The van der Waals surface area contributed by atoms with Gasteiger partial charge in [-0.15, -0.1) is 0 Å². The molecule has 0 aromatic heterocycles. The molecule has 98 valence electrons. The molecule has 0 saturated carbocycles. The molecule has 2 saturated heterocycles. The van der Waals surface area contributed by atoms with Gasteiger partial charge in [-0.2, -0.15) is 0 Å². The van der Waals surface area contributed by atoms with E-state index < -0.39 is 0 Å². The molecule has 0 radical (unpaired) electrons. The molecule has 5 heteroatoms. The molecule has 1 amide bonds. The molecule has 0 N–H and O–H groups in total. The van der Waals surface area contributed by atoms with Crippen LogP contribution in [0, 0.1) is 0 Å². The number of hydrogen-bond donors (Lipinski definition) is 0. The van der Waals surface area contributed by atoms with E-state index in [1.54, 1.807) is 7.11 Å². The zero-order valence-corrected chi connectivity index (χ0v) is 10.9. The largest absolute Gasteiger partial charge is 0.383 e. The number of carbonyl (C=O) groups excluding carboxylic acids is 1. The van der Waals surface area contributed by atoms with Crippen LogP contribution in [0.4, 0.5) is 0 Å². The Labute approximate surface area is 103 Å². The van der Waals surface area contributed by atoms with Gasteiger partial charge in [0.05, 0.1) is 18.8 Å². The molecule has 5 nitrogen and oxygen atoms in total. The van der Waals surface area contributed by atoms with E-state index in [-0.39, 0.29) is 24.7 Å². The van der Waals surface area contributed by atoms with Crippen LogP contribution in [0.1, 0.15) is 13.8 Å². The molecule has 17 heavy (non-hydrogen) atoms. The van der Waals surface area contributed by atoms with Crippen LogP contribution in [0.25, 0.3) is 0 Å². The molecule has 0 aromatic rings. The maximum atomic E-state index is 11.8. The molecule has 0 aromatic carbocycles. The predicted molar refractivity (Wildman–Crippen MR) is 63.8 cm³/mol. The van der Waals surface area contributed by atoms with E-state index in [0.717, 1.165) is 13.1 Å². The van der Waals surface area contributed by atoms with Crippen LogP contribution >= 0.6 is 0 Å². The number of amides is 1. The Morgan fingerprint density at radius 2 is 2.24 bits per heavy atom. The number of nitrogens with zero attached hydrogens (tertiary/aromatic N) is 2. The number of ether oxygens (including phenoxy) is 2. The lowest BCUT2D eigenvalue weighted by molar-refractivity contribution is -0.153. The molecular weight excluding hydrogens is 220 g/mol. The molecule has 2 atom stereocenters. The Balaban J connectivity index is 2.02. The average Bonchev–Trinajstić information content (AvgIpc) is 2.72. The Morgan fingerprint density at radius 3 is 2.88 bits per heavy atom. The zero-order valence-electron chi connectivity index (χ0n) is 10.9. The minimum atomic E-state index is 0.0916. The third-order valence-electron chi connectivity index (χ3n) is 3.67. The van der Waals surface area contributed by atoms with Gasteiger partial charge in [0.15, 0.2) is 0 Å². The van der Waals surface area contributed by atoms with Crippen LogP contribution in [-0.2, 0) is 14.3 Å². The summed E-state index contributed by atoms with van der Waals surface area (Å²) in [5.41, 5.74) is 0. The van der Waals surface area contributed by atoms with Gasteiger partial charge in [0.2, 0.25) is 5.91 Å². The fourth-order valence-corrected chi connectivity index (χ4v) is 2.60. The highest BCUT2D eigenvalue weighted by atomic mass is 16.5. The molecule has 2 aliphatic heterocycles. The predicted octanol–water partition coefficient (Wildman–Crippen LogP) is -0.0472. The molecule has 2 rings (SSSR count). The van der Waals surface area contributed by atoms with Gasteiger partial charge >= 0.3 is 0 Å². The summed E-state index contributed by atoms with van der Waals surface area (Å²) in [6, 6.07) is 0.706. The summed E-state index contributed by atoms with van der Waals surface area (Å²) in [6.07, 6.45) is 0.173. The quantitative estimate of drug-likeness (QED) is 0.693. The Bertz CT molecular complexity index is 283. The van der Waals surface area contributed by atoms with Gasteiger partial charge in [-0.1, -0.05) is 0 Å². The Hall–Kier alpha value is -0.650. The van der Waals surface area contributed by atoms with Crippen LogP contribution in [0.15, 0.2) is 0 Å². The maximum Gasteiger partial charge on any atom is 0.249 e. The number of hydrogen-bond acceptors (Lipinski definition) is 4. The zero-order chi connectivity index (χ0) is 12.4. The van der Waals surface area contributed by atoms with Crippen molar-refractivity contribution in [3.63, 3.8) is 0 Å². The molecule has 2 heterocycles. The summed E-state index contributed by atoms with van der Waals surface area (Å²) in [5.74, 6) is 0.0916. The topological polar surface area (TPSA) is 42.0 Å². The summed E-state index contributed by atoms with van der Waals surface area (Å²) in [4.78, 5) is 16.1. The highest BCUT2D eigenvalue weighted by Gasteiger charge is 2.43.